The van der Waals surface area contributed by atoms with E-state index in [4.69, 9.17) is 14.5 Å². The normalized spacial score (nSPS) is 14.0. The van der Waals surface area contributed by atoms with Crippen LogP contribution in [0.3, 0.4) is 0 Å². The maximum atomic E-state index is 12.9. The highest BCUT2D eigenvalue weighted by atomic mass is 16.5. The fourth-order valence-electron chi connectivity index (χ4n) is 4.04. The van der Waals surface area contributed by atoms with Crippen molar-refractivity contribution in [3.63, 3.8) is 0 Å². The van der Waals surface area contributed by atoms with Gasteiger partial charge in [0.15, 0.2) is 0 Å². The third kappa shape index (κ3) is 7.03. The van der Waals surface area contributed by atoms with Crippen molar-refractivity contribution in [3.8, 4) is 0 Å². The number of hydrogen-bond donors (Lipinski definition) is 2. The molecule has 0 fully saturated rings. The monoisotopic (exact) mass is 467 g/mol. The van der Waals surface area contributed by atoms with E-state index in [1.807, 2.05) is 44.2 Å². The summed E-state index contributed by atoms with van der Waals surface area (Å²) in [5, 5.41) is 6.22. The summed E-state index contributed by atoms with van der Waals surface area (Å²) in [7, 11) is 1.33. The van der Waals surface area contributed by atoms with Crippen LogP contribution in [0, 0.1) is 0 Å². The third-order valence-corrected chi connectivity index (χ3v) is 6.33. The number of nitrogens with one attached hydrogen (secondary N) is 2. The average molecular weight is 468 g/mol. The van der Waals surface area contributed by atoms with Crippen molar-refractivity contribution < 1.29 is 19.1 Å². The summed E-state index contributed by atoms with van der Waals surface area (Å²) in [6, 6.07) is 13.1. The molecule has 1 aliphatic rings. The van der Waals surface area contributed by atoms with Crippen LogP contribution in [0.4, 0.5) is 5.82 Å². The molecule has 0 unspecified atom stereocenters. The quantitative estimate of drug-likeness (QED) is 0.365. The second-order valence-corrected chi connectivity index (χ2v) is 9.24. The summed E-state index contributed by atoms with van der Waals surface area (Å²) in [6.07, 6.45) is 5.42. The lowest BCUT2D eigenvalue weighted by atomic mass is 9.83. The number of aromatic nitrogens is 1. The number of nitrogens with zero attached hydrogens (tertiary/aromatic N) is 1. The first-order valence-electron chi connectivity index (χ1n) is 12.2. The number of fused-ring (bicyclic) bond motifs is 1. The summed E-state index contributed by atoms with van der Waals surface area (Å²) in [6.45, 7) is 5.65. The van der Waals surface area contributed by atoms with E-state index in [9.17, 15) is 9.59 Å². The van der Waals surface area contributed by atoms with Gasteiger partial charge in [-0.2, -0.15) is 0 Å². The number of rotatable bonds is 12. The predicted molar refractivity (Wildman–Crippen MR) is 133 cm³/mol. The Kier molecular flexibility index (Phi) is 9.45. The van der Waals surface area contributed by atoms with E-state index in [1.54, 1.807) is 0 Å². The van der Waals surface area contributed by atoms with Gasteiger partial charge >= 0.3 is 5.97 Å². The standard InChI is InChI=1S/C27H37N3O4/c1-27(2,21-11-5-4-6-12-21)26(32)30-23(25(31)33-3)16-19-34-18-8-7-13-22-15-14-20-10-9-17-28-24(20)29-22/h4-6,11-12,14-15,23H,7-10,13,16-19H2,1-3H3,(H,28,29)(H,30,32)/t23-/m0/s1. The van der Waals surface area contributed by atoms with Crippen LogP contribution in [0.15, 0.2) is 42.5 Å². The zero-order chi connectivity index (χ0) is 24.4. The SMILES string of the molecule is COC(=O)[C@H](CCOCCCCc1ccc2c(n1)NCCC2)NC(=O)C(C)(C)c1ccccc1. The van der Waals surface area contributed by atoms with Crippen LogP contribution in [0.5, 0.6) is 0 Å². The van der Waals surface area contributed by atoms with E-state index in [-0.39, 0.29) is 5.91 Å². The van der Waals surface area contributed by atoms with Crippen molar-refractivity contribution in [2.24, 2.45) is 0 Å². The van der Waals surface area contributed by atoms with E-state index >= 15 is 0 Å². The Hall–Kier alpha value is -2.93. The average Bonchev–Trinajstić information content (AvgIpc) is 2.87. The minimum absolute atomic E-state index is 0.221. The molecule has 1 amide bonds. The van der Waals surface area contributed by atoms with Crippen LogP contribution >= 0.6 is 0 Å². The van der Waals surface area contributed by atoms with Crippen LogP contribution in [-0.4, -0.2) is 49.8 Å². The molecular weight excluding hydrogens is 430 g/mol. The molecule has 2 heterocycles. The van der Waals surface area contributed by atoms with E-state index in [1.165, 1.54) is 12.7 Å². The number of amides is 1. The lowest BCUT2D eigenvalue weighted by molar-refractivity contribution is -0.146. The highest BCUT2D eigenvalue weighted by molar-refractivity contribution is 5.91. The van der Waals surface area contributed by atoms with Gasteiger partial charge in [-0.3, -0.25) is 4.79 Å². The molecule has 0 spiro atoms. The molecule has 1 aromatic heterocycles. The molecule has 1 atom stereocenters. The largest absolute Gasteiger partial charge is 0.467 e. The molecule has 2 aromatic rings. The third-order valence-electron chi connectivity index (χ3n) is 6.33. The number of carbonyl (C=O) groups excluding carboxylic acids is 2. The summed E-state index contributed by atoms with van der Waals surface area (Å²) in [5.74, 6) is 0.348. The minimum Gasteiger partial charge on any atom is -0.467 e. The van der Waals surface area contributed by atoms with Gasteiger partial charge in [-0.05, 0) is 63.1 Å². The van der Waals surface area contributed by atoms with Crippen molar-refractivity contribution in [1.82, 2.24) is 10.3 Å². The van der Waals surface area contributed by atoms with Crippen molar-refractivity contribution in [2.75, 3.05) is 32.2 Å². The molecule has 0 saturated carbocycles. The molecule has 7 heteroatoms. The number of aryl methyl sites for hydroxylation is 2. The maximum absolute atomic E-state index is 12.9. The molecule has 184 valence electrons. The fourth-order valence-corrected chi connectivity index (χ4v) is 4.04. The van der Waals surface area contributed by atoms with Crippen LogP contribution in [0.25, 0.3) is 0 Å². The van der Waals surface area contributed by atoms with E-state index in [0.29, 0.717) is 19.6 Å². The first kappa shape index (κ1) is 25.7. The second kappa shape index (κ2) is 12.5. The summed E-state index contributed by atoms with van der Waals surface area (Å²) in [4.78, 5) is 29.9. The summed E-state index contributed by atoms with van der Waals surface area (Å²) >= 11 is 0. The number of methoxy groups -OCH3 is 1. The van der Waals surface area contributed by atoms with Gasteiger partial charge in [0.05, 0.1) is 12.5 Å². The van der Waals surface area contributed by atoms with Gasteiger partial charge in [0.1, 0.15) is 11.9 Å². The molecule has 3 rings (SSSR count). The smallest absolute Gasteiger partial charge is 0.328 e. The van der Waals surface area contributed by atoms with Gasteiger partial charge in [-0.25, -0.2) is 9.78 Å². The molecule has 1 aliphatic heterocycles. The number of benzene rings is 1. The Labute approximate surface area is 202 Å². The molecule has 34 heavy (non-hydrogen) atoms. The minimum atomic E-state index is -0.769. The number of pyridine rings is 1. The second-order valence-electron chi connectivity index (χ2n) is 9.24. The van der Waals surface area contributed by atoms with Gasteiger partial charge in [0.2, 0.25) is 5.91 Å². The van der Waals surface area contributed by atoms with E-state index in [2.05, 4.69) is 22.8 Å². The molecular formula is C27H37N3O4. The number of unbranched alkanes of at least 4 members (excludes halogenated alkanes) is 1. The number of ether oxygens (including phenoxy) is 2. The molecule has 0 aliphatic carbocycles. The highest BCUT2D eigenvalue weighted by Gasteiger charge is 2.33. The molecule has 2 N–H and O–H groups in total. The van der Waals surface area contributed by atoms with Crippen LogP contribution in [0.2, 0.25) is 0 Å². The zero-order valence-corrected chi connectivity index (χ0v) is 20.6. The van der Waals surface area contributed by atoms with Gasteiger partial charge in [-0.1, -0.05) is 36.4 Å². The van der Waals surface area contributed by atoms with Gasteiger partial charge in [-0.15, -0.1) is 0 Å². The van der Waals surface area contributed by atoms with Gasteiger partial charge < -0.3 is 20.1 Å². The number of esters is 1. The predicted octanol–water partition coefficient (Wildman–Crippen LogP) is 3.80. The van der Waals surface area contributed by atoms with E-state index < -0.39 is 17.4 Å². The Balaban J connectivity index is 1.39. The Morgan fingerprint density at radius 1 is 1.12 bits per heavy atom. The van der Waals surface area contributed by atoms with Crippen molar-refractivity contribution in [1.29, 1.82) is 0 Å². The van der Waals surface area contributed by atoms with Crippen molar-refractivity contribution in [2.45, 2.75) is 63.8 Å². The Morgan fingerprint density at radius 2 is 1.91 bits per heavy atom. The van der Waals surface area contributed by atoms with Crippen LogP contribution in [0.1, 0.15) is 56.4 Å². The van der Waals surface area contributed by atoms with Crippen molar-refractivity contribution in [3.05, 3.63) is 59.3 Å². The fraction of sp³-hybridized carbons (Fsp3) is 0.519. The van der Waals surface area contributed by atoms with Gasteiger partial charge in [0.25, 0.3) is 0 Å². The lowest BCUT2D eigenvalue weighted by Gasteiger charge is -2.27. The molecule has 0 bridgehead atoms. The van der Waals surface area contributed by atoms with Crippen LogP contribution in [-0.2, 0) is 37.3 Å². The first-order chi connectivity index (χ1) is 16.4. The van der Waals surface area contributed by atoms with Crippen LogP contribution < -0.4 is 10.6 Å². The topological polar surface area (TPSA) is 89.6 Å². The maximum Gasteiger partial charge on any atom is 0.328 e. The Morgan fingerprint density at radius 3 is 2.68 bits per heavy atom. The Bertz CT molecular complexity index is 946. The first-order valence-corrected chi connectivity index (χ1v) is 12.2. The lowest BCUT2D eigenvalue weighted by Crippen LogP contribution is -2.49. The molecule has 7 nitrogen and oxygen atoms in total. The number of anilines is 1. The number of hydrogen-bond acceptors (Lipinski definition) is 6. The summed E-state index contributed by atoms with van der Waals surface area (Å²) < 4.78 is 10.6. The molecule has 0 radical (unpaired) electrons. The van der Waals surface area contributed by atoms with Gasteiger partial charge in [0, 0.05) is 31.9 Å². The number of carbonyl (C=O) groups is 2. The zero-order valence-electron chi connectivity index (χ0n) is 20.6. The summed E-state index contributed by atoms with van der Waals surface area (Å²) in [5.41, 5.74) is 2.52. The van der Waals surface area contributed by atoms with E-state index in [0.717, 1.165) is 55.7 Å². The molecule has 1 aromatic carbocycles. The van der Waals surface area contributed by atoms with Crippen molar-refractivity contribution >= 4 is 17.7 Å². The molecule has 0 saturated heterocycles. The highest BCUT2D eigenvalue weighted by Crippen LogP contribution is 2.23.